The number of nitrogens with one attached hydrogen (secondary N) is 1. The molecular formula is C15H17N3O. The molecule has 2 aromatic rings. The van der Waals surface area contributed by atoms with Gasteiger partial charge in [0, 0.05) is 17.6 Å². The first kappa shape index (κ1) is 12.0. The van der Waals surface area contributed by atoms with Crippen LogP contribution in [0.4, 0.5) is 5.69 Å². The molecule has 1 amide bonds. The number of pyridine rings is 1. The van der Waals surface area contributed by atoms with Gasteiger partial charge in [-0.3, -0.25) is 4.79 Å². The molecule has 1 aromatic heterocycles. The number of nitrogens with two attached hydrogens (primary N) is 1. The molecule has 1 heterocycles. The number of carbonyl (C=O) groups is 1. The van der Waals surface area contributed by atoms with Gasteiger partial charge in [-0.15, -0.1) is 0 Å². The minimum Gasteiger partial charge on any atom is -0.398 e. The normalized spacial score (nSPS) is 16.3. The molecule has 98 valence electrons. The van der Waals surface area contributed by atoms with Crippen LogP contribution in [0.15, 0.2) is 30.3 Å². The van der Waals surface area contributed by atoms with Gasteiger partial charge in [-0.2, -0.15) is 0 Å². The van der Waals surface area contributed by atoms with Gasteiger partial charge in [0.25, 0.3) is 5.91 Å². The third-order valence-electron chi connectivity index (χ3n) is 3.76. The van der Waals surface area contributed by atoms with Crippen molar-refractivity contribution in [1.82, 2.24) is 10.3 Å². The minimum atomic E-state index is -0.148. The Hall–Kier alpha value is -2.10. The molecule has 0 atom stereocenters. The Kier molecular flexibility index (Phi) is 2.66. The van der Waals surface area contributed by atoms with Crippen LogP contribution in [0.5, 0.6) is 0 Å². The molecule has 0 spiro atoms. The number of nitrogens with zero attached hydrogens (tertiary/aromatic N) is 1. The highest BCUT2D eigenvalue weighted by atomic mass is 16.1. The number of amides is 1. The fourth-order valence-electron chi connectivity index (χ4n) is 2.09. The molecule has 0 unspecified atom stereocenters. The van der Waals surface area contributed by atoms with Gasteiger partial charge < -0.3 is 11.1 Å². The summed E-state index contributed by atoms with van der Waals surface area (Å²) in [5.41, 5.74) is 7.99. The van der Waals surface area contributed by atoms with Gasteiger partial charge in [-0.25, -0.2) is 4.98 Å². The highest BCUT2D eigenvalue weighted by molar-refractivity contribution is 5.99. The van der Waals surface area contributed by atoms with Crippen LogP contribution in [0, 0.1) is 5.41 Å². The number of benzene rings is 1. The van der Waals surface area contributed by atoms with Gasteiger partial charge in [-0.05, 0) is 30.4 Å². The molecular weight excluding hydrogens is 238 g/mol. The van der Waals surface area contributed by atoms with Gasteiger partial charge in [-0.1, -0.05) is 25.1 Å². The van der Waals surface area contributed by atoms with Crippen LogP contribution in [0.25, 0.3) is 10.9 Å². The second kappa shape index (κ2) is 4.23. The monoisotopic (exact) mass is 255 g/mol. The van der Waals surface area contributed by atoms with Gasteiger partial charge in [0.05, 0.1) is 5.52 Å². The Morgan fingerprint density at radius 3 is 2.89 bits per heavy atom. The smallest absolute Gasteiger partial charge is 0.270 e. The van der Waals surface area contributed by atoms with E-state index in [0.717, 1.165) is 10.9 Å². The maximum Gasteiger partial charge on any atom is 0.270 e. The first-order valence-electron chi connectivity index (χ1n) is 6.51. The summed E-state index contributed by atoms with van der Waals surface area (Å²) in [6.07, 6.45) is 2.36. The summed E-state index contributed by atoms with van der Waals surface area (Å²) in [5, 5.41) is 3.82. The molecule has 1 aliphatic rings. The first-order chi connectivity index (χ1) is 9.07. The number of fused-ring (bicyclic) bond motifs is 1. The lowest BCUT2D eigenvalue weighted by Gasteiger charge is -2.10. The molecule has 19 heavy (non-hydrogen) atoms. The summed E-state index contributed by atoms with van der Waals surface area (Å²) in [6, 6.07) is 9.22. The standard InChI is InChI=1S/C15H17N3O/c1-15(6-7-15)9-17-14(19)13-8-11(16)10-4-2-3-5-12(10)18-13/h2-5,8H,6-7,9H2,1H3,(H2,16,18)(H,17,19). The van der Waals surface area contributed by atoms with Crippen molar-refractivity contribution < 1.29 is 4.79 Å². The lowest BCUT2D eigenvalue weighted by molar-refractivity contribution is 0.0941. The van der Waals surface area contributed by atoms with Crippen molar-refractivity contribution in [2.75, 3.05) is 12.3 Å². The highest BCUT2D eigenvalue weighted by Gasteiger charge is 2.37. The second-order valence-corrected chi connectivity index (χ2v) is 5.61. The van der Waals surface area contributed by atoms with Gasteiger partial charge in [0.15, 0.2) is 0 Å². The van der Waals surface area contributed by atoms with Crippen LogP contribution in [0.1, 0.15) is 30.3 Å². The number of carbonyl (C=O) groups excluding carboxylic acids is 1. The first-order valence-corrected chi connectivity index (χ1v) is 6.51. The predicted octanol–water partition coefficient (Wildman–Crippen LogP) is 2.35. The Labute approximate surface area is 112 Å². The summed E-state index contributed by atoms with van der Waals surface area (Å²) in [7, 11) is 0. The summed E-state index contributed by atoms with van der Waals surface area (Å²) in [6.45, 7) is 2.88. The number of hydrogen-bond donors (Lipinski definition) is 2. The van der Waals surface area contributed by atoms with E-state index in [-0.39, 0.29) is 11.3 Å². The third-order valence-corrected chi connectivity index (χ3v) is 3.76. The van der Waals surface area contributed by atoms with E-state index in [2.05, 4.69) is 17.2 Å². The molecule has 0 aliphatic heterocycles. The van der Waals surface area contributed by atoms with Crippen LogP contribution in [-0.2, 0) is 0 Å². The van der Waals surface area contributed by atoms with E-state index in [4.69, 9.17) is 5.73 Å². The molecule has 1 aliphatic carbocycles. The Morgan fingerprint density at radius 1 is 1.42 bits per heavy atom. The molecule has 0 bridgehead atoms. The maximum atomic E-state index is 12.1. The van der Waals surface area contributed by atoms with E-state index >= 15 is 0 Å². The van der Waals surface area contributed by atoms with E-state index in [1.807, 2.05) is 24.3 Å². The number of para-hydroxylation sites is 1. The minimum absolute atomic E-state index is 0.148. The Morgan fingerprint density at radius 2 is 2.16 bits per heavy atom. The Bertz CT molecular complexity index is 647. The number of hydrogen-bond acceptors (Lipinski definition) is 3. The molecule has 3 rings (SSSR count). The fourth-order valence-corrected chi connectivity index (χ4v) is 2.09. The van der Waals surface area contributed by atoms with Crippen molar-refractivity contribution in [2.24, 2.45) is 5.41 Å². The Balaban J connectivity index is 1.85. The largest absolute Gasteiger partial charge is 0.398 e. The van der Waals surface area contributed by atoms with Crippen molar-refractivity contribution in [1.29, 1.82) is 0 Å². The predicted molar refractivity (Wildman–Crippen MR) is 75.8 cm³/mol. The second-order valence-electron chi connectivity index (χ2n) is 5.61. The van der Waals surface area contributed by atoms with E-state index < -0.39 is 0 Å². The summed E-state index contributed by atoms with van der Waals surface area (Å²) < 4.78 is 0. The van der Waals surface area contributed by atoms with E-state index in [1.54, 1.807) is 6.07 Å². The topological polar surface area (TPSA) is 68.0 Å². The van der Waals surface area contributed by atoms with Crippen molar-refractivity contribution in [3.8, 4) is 0 Å². The van der Waals surface area contributed by atoms with Crippen molar-refractivity contribution in [3.05, 3.63) is 36.0 Å². The molecule has 0 saturated heterocycles. The average Bonchev–Trinajstić information content (AvgIpc) is 3.14. The number of anilines is 1. The molecule has 1 aromatic carbocycles. The molecule has 1 fully saturated rings. The zero-order chi connectivity index (χ0) is 13.5. The van der Waals surface area contributed by atoms with E-state index in [1.165, 1.54) is 12.8 Å². The number of rotatable bonds is 3. The fraction of sp³-hybridized carbons (Fsp3) is 0.333. The molecule has 3 N–H and O–H groups in total. The zero-order valence-electron chi connectivity index (χ0n) is 10.9. The molecule has 1 saturated carbocycles. The molecule has 4 nitrogen and oxygen atoms in total. The highest BCUT2D eigenvalue weighted by Crippen LogP contribution is 2.44. The summed E-state index contributed by atoms with van der Waals surface area (Å²) in [5.74, 6) is -0.148. The molecule has 0 radical (unpaired) electrons. The average molecular weight is 255 g/mol. The van der Waals surface area contributed by atoms with Crippen molar-refractivity contribution in [3.63, 3.8) is 0 Å². The van der Waals surface area contributed by atoms with Crippen LogP contribution >= 0.6 is 0 Å². The maximum absolute atomic E-state index is 12.1. The summed E-state index contributed by atoms with van der Waals surface area (Å²) in [4.78, 5) is 16.5. The van der Waals surface area contributed by atoms with E-state index in [9.17, 15) is 4.79 Å². The quantitative estimate of drug-likeness (QED) is 0.884. The van der Waals surface area contributed by atoms with Crippen molar-refractivity contribution in [2.45, 2.75) is 19.8 Å². The zero-order valence-corrected chi connectivity index (χ0v) is 10.9. The summed E-state index contributed by atoms with van der Waals surface area (Å²) >= 11 is 0. The lowest BCUT2D eigenvalue weighted by Crippen LogP contribution is -2.29. The lowest BCUT2D eigenvalue weighted by atomic mass is 10.1. The SMILES string of the molecule is CC1(CNC(=O)c2cc(N)c3ccccc3n2)CC1. The van der Waals surface area contributed by atoms with Crippen LogP contribution < -0.4 is 11.1 Å². The van der Waals surface area contributed by atoms with Crippen LogP contribution in [0.3, 0.4) is 0 Å². The van der Waals surface area contributed by atoms with Gasteiger partial charge in [0.2, 0.25) is 0 Å². The number of nitrogen functional groups attached to an aromatic ring is 1. The molecule has 4 heteroatoms. The van der Waals surface area contributed by atoms with Gasteiger partial charge >= 0.3 is 0 Å². The van der Waals surface area contributed by atoms with Gasteiger partial charge in [0.1, 0.15) is 5.69 Å². The van der Waals surface area contributed by atoms with Crippen LogP contribution in [-0.4, -0.2) is 17.4 Å². The van der Waals surface area contributed by atoms with Crippen molar-refractivity contribution >= 4 is 22.5 Å². The number of aromatic nitrogens is 1. The van der Waals surface area contributed by atoms with Crippen LogP contribution in [0.2, 0.25) is 0 Å². The third kappa shape index (κ3) is 2.38. The van der Waals surface area contributed by atoms with E-state index in [0.29, 0.717) is 17.9 Å².